The maximum Gasteiger partial charge on any atom is 0.181 e. The molecule has 3 aromatic rings. The van der Waals surface area contributed by atoms with E-state index in [1.54, 1.807) is 36.7 Å². The highest BCUT2D eigenvalue weighted by Crippen LogP contribution is 2.20. The van der Waals surface area contributed by atoms with Gasteiger partial charge < -0.3 is 9.52 Å². The lowest BCUT2D eigenvalue weighted by Crippen LogP contribution is -1.90. The second kappa shape index (κ2) is 5.92. The van der Waals surface area contributed by atoms with Crippen molar-refractivity contribution >= 4 is 11.9 Å². The summed E-state index contributed by atoms with van der Waals surface area (Å²) in [5, 5.41) is 13.3. The fourth-order valence-corrected chi connectivity index (χ4v) is 1.81. The van der Waals surface area contributed by atoms with Crippen molar-refractivity contribution in [3.8, 4) is 17.1 Å². The number of nitrogens with zero attached hydrogens (tertiary/aromatic N) is 2. The molecule has 2 N–H and O–H groups in total. The molecule has 21 heavy (non-hydrogen) atoms. The third-order valence-electron chi connectivity index (χ3n) is 2.90. The minimum absolute atomic E-state index is 0.239. The van der Waals surface area contributed by atoms with Crippen molar-refractivity contribution in [1.82, 2.24) is 4.98 Å². The van der Waals surface area contributed by atoms with Gasteiger partial charge in [-0.1, -0.05) is 0 Å². The van der Waals surface area contributed by atoms with Gasteiger partial charge in [-0.25, -0.2) is 4.98 Å². The standard InChI is InChI=1S/C16H13N3O2/c20-15-7-1-12(2-8-15)9-18-19-14-5-3-13(4-6-14)16-10-17-11-21-16/h1-11,19-20H. The Balaban J connectivity index is 1.64. The lowest BCUT2D eigenvalue weighted by molar-refractivity contribution is 0.475. The molecule has 1 aromatic heterocycles. The first-order chi connectivity index (χ1) is 10.3. The zero-order chi connectivity index (χ0) is 14.5. The number of aromatic hydroxyl groups is 1. The molecule has 1 heterocycles. The van der Waals surface area contributed by atoms with Gasteiger partial charge in [-0.15, -0.1) is 0 Å². The van der Waals surface area contributed by atoms with Crippen molar-refractivity contribution in [2.24, 2.45) is 5.10 Å². The summed E-state index contributed by atoms with van der Waals surface area (Å²) in [5.41, 5.74) is 5.67. The first kappa shape index (κ1) is 12.9. The van der Waals surface area contributed by atoms with Gasteiger partial charge in [-0.3, -0.25) is 5.43 Å². The third kappa shape index (κ3) is 3.27. The van der Waals surface area contributed by atoms with E-state index in [-0.39, 0.29) is 5.75 Å². The van der Waals surface area contributed by atoms with E-state index in [0.717, 1.165) is 22.6 Å². The molecular weight excluding hydrogens is 266 g/mol. The summed E-state index contributed by atoms with van der Waals surface area (Å²) in [4.78, 5) is 3.89. The maximum atomic E-state index is 9.19. The summed E-state index contributed by atoms with van der Waals surface area (Å²) in [6.07, 6.45) is 4.76. The Bertz CT molecular complexity index is 717. The van der Waals surface area contributed by atoms with Gasteiger partial charge in [0.15, 0.2) is 12.2 Å². The Kier molecular flexibility index (Phi) is 3.64. The Labute approximate surface area is 121 Å². The molecule has 0 saturated heterocycles. The van der Waals surface area contributed by atoms with E-state index in [9.17, 15) is 5.11 Å². The zero-order valence-electron chi connectivity index (χ0n) is 11.1. The van der Waals surface area contributed by atoms with Crippen LogP contribution in [0.2, 0.25) is 0 Å². The summed E-state index contributed by atoms with van der Waals surface area (Å²) in [5.74, 6) is 0.970. The molecule has 5 heteroatoms. The molecule has 0 radical (unpaired) electrons. The first-order valence-corrected chi connectivity index (χ1v) is 6.38. The van der Waals surface area contributed by atoms with E-state index < -0.39 is 0 Å². The van der Waals surface area contributed by atoms with Crippen molar-refractivity contribution < 1.29 is 9.52 Å². The van der Waals surface area contributed by atoms with Gasteiger partial charge in [0.2, 0.25) is 0 Å². The van der Waals surface area contributed by atoms with Crippen LogP contribution in [0.25, 0.3) is 11.3 Å². The Hall–Kier alpha value is -3.08. The Morgan fingerprint density at radius 2 is 1.81 bits per heavy atom. The summed E-state index contributed by atoms with van der Waals surface area (Å²) in [7, 11) is 0. The molecule has 104 valence electrons. The number of phenolic OH excluding ortho intramolecular Hbond substituents is 1. The second-order valence-corrected chi connectivity index (χ2v) is 4.40. The molecule has 0 aliphatic heterocycles. The zero-order valence-corrected chi connectivity index (χ0v) is 11.1. The molecule has 5 nitrogen and oxygen atoms in total. The number of anilines is 1. The van der Waals surface area contributed by atoms with Gasteiger partial charge in [0.25, 0.3) is 0 Å². The molecule has 0 aliphatic carbocycles. The molecule has 0 saturated carbocycles. The van der Waals surface area contributed by atoms with Crippen LogP contribution in [0.5, 0.6) is 5.75 Å². The molecule has 0 unspecified atom stereocenters. The number of hydrogen-bond donors (Lipinski definition) is 2. The normalized spacial score (nSPS) is 10.9. The van der Waals surface area contributed by atoms with Crippen LogP contribution >= 0.6 is 0 Å². The average Bonchev–Trinajstić information content (AvgIpc) is 3.04. The highest BCUT2D eigenvalue weighted by molar-refractivity contribution is 5.80. The van der Waals surface area contributed by atoms with Crippen LogP contribution in [0.1, 0.15) is 5.56 Å². The summed E-state index contributed by atoms with van der Waals surface area (Å²) in [6.45, 7) is 0. The number of hydrogen-bond acceptors (Lipinski definition) is 5. The number of rotatable bonds is 4. The molecule has 0 fully saturated rings. The number of benzene rings is 2. The van der Waals surface area contributed by atoms with Crippen LogP contribution in [-0.2, 0) is 0 Å². The Morgan fingerprint density at radius 1 is 1.05 bits per heavy atom. The smallest absolute Gasteiger partial charge is 0.181 e. The molecule has 0 atom stereocenters. The predicted molar refractivity (Wildman–Crippen MR) is 81.3 cm³/mol. The lowest BCUT2D eigenvalue weighted by atomic mass is 10.2. The fraction of sp³-hybridized carbons (Fsp3) is 0. The summed E-state index contributed by atoms with van der Waals surface area (Å²) in [6, 6.07) is 14.5. The van der Waals surface area contributed by atoms with E-state index in [2.05, 4.69) is 15.5 Å². The van der Waals surface area contributed by atoms with Gasteiger partial charge >= 0.3 is 0 Å². The van der Waals surface area contributed by atoms with Crippen molar-refractivity contribution in [1.29, 1.82) is 0 Å². The monoisotopic (exact) mass is 279 g/mol. The van der Waals surface area contributed by atoms with Gasteiger partial charge in [-0.2, -0.15) is 5.10 Å². The minimum atomic E-state index is 0.239. The number of aromatic nitrogens is 1. The average molecular weight is 279 g/mol. The fourth-order valence-electron chi connectivity index (χ4n) is 1.81. The molecular formula is C16H13N3O2. The van der Waals surface area contributed by atoms with Crippen molar-refractivity contribution in [3.05, 3.63) is 66.7 Å². The van der Waals surface area contributed by atoms with Crippen molar-refractivity contribution in [3.63, 3.8) is 0 Å². The van der Waals surface area contributed by atoms with Gasteiger partial charge in [0.1, 0.15) is 5.75 Å². The van der Waals surface area contributed by atoms with Crippen molar-refractivity contribution in [2.45, 2.75) is 0 Å². The lowest BCUT2D eigenvalue weighted by Gasteiger charge is -2.01. The SMILES string of the molecule is Oc1ccc(C=NNc2ccc(-c3cnco3)cc2)cc1. The van der Waals surface area contributed by atoms with E-state index in [1.165, 1.54) is 6.39 Å². The summed E-state index contributed by atoms with van der Waals surface area (Å²) < 4.78 is 5.23. The third-order valence-corrected chi connectivity index (χ3v) is 2.90. The molecule has 3 rings (SSSR count). The predicted octanol–water partition coefficient (Wildman–Crippen LogP) is 3.49. The molecule has 0 spiro atoms. The van der Waals surface area contributed by atoms with Gasteiger partial charge in [-0.05, 0) is 54.1 Å². The maximum absolute atomic E-state index is 9.19. The van der Waals surface area contributed by atoms with Gasteiger partial charge in [0, 0.05) is 5.56 Å². The number of phenols is 1. The molecule has 0 amide bonds. The van der Waals surface area contributed by atoms with E-state index in [1.807, 2.05) is 24.3 Å². The summed E-state index contributed by atoms with van der Waals surface area (Å²) >= 11 is 0. The number of nitrogens with one attached hydrogen (secondary N) is 1. The van der Waals surface area contributed by atoms with Crippen molar-refractivity contribution in [2.75, 3.05) is 5.43 Å². The van der Waals surface area contributed by atoms with Crippen LogP contribution < -0.4 is 5.43 Å². The molecule has 2 aromatic carbocycles. The van der Waals surface area contributed by atoms with E-state index in [0.29, 0.717) is 0 Å². The first-order valence-electron chi connectivity index (χ1n) is 6.38. The van der Waals surface area contributed by atoms with E-state index in [4.69, 9.17) is 4.42 Å². The van der Waals surface area contributed by atoms with Gasteiger partial charge in [0.05, 0.1) is 18.1 Å². The Morgan fingerprint density at radius 3 is 2.48 bits per heavy atom. The highest BCUT2D eigenvalue weighted by atomic mass is 16.3. The van der Waals surface area contributed by atoms with Crippen LogP contribution in [0.4, 0.5) is 5.69 Å². The van der Waals surface area contributed by atoms with Crippen LogP contribution in [0, 0.1) is 0 Å². The second-order valence-electron chi connectivity index (χ2n) is 4.40. The molecule has 0 aliphatic rings. The topological polar surface area (TPSA) is 70.7 Å². The van der Waals surface area contributed by atoms with Crippen LogP contribution in [-0.4, -0.2) is 16.3 Å². The number of hydrazone groups is 1. The largest absolute Gasteiger partial charge is 0.508 e. The van der Waals surface area contributed by atoms with Crippen LogP contribution in [0.15, 0.2) is 70.6 Å². The minimum Gasteiger partial charge on any atom is -0.508 e. The van der Waals surface area contributed by atoms with E-state index >= 15 is 0 Å². The molecule has 0 bridgehead atoms. The van der Waals surface area contributed by atoms with Crippen LogP contribution in [0.3, 0.4) is 0 Å². The highest BCUT2D eigenvalue weighted by Gasteiger charge is 2.00. The number of oxazole rings is 1. The quantitative estimate of drug-likeness (QED) is 0.566.